The number of nitrogens with zero attached hydrogens (tertiary/aromatic N) is 3. The minimum atomic E-state index is 0.931. The summed E-state index contributed by atoms with van der Waals surface area (Å²) in [5.74, 6) is 0.931. The molecule has 0 fully saturated rings. The van der Waals surface area contributed by atoms with Crippen molar-refractivity contribution < 1.29 is 0 Å². The molecule has 3 heteroatoms. The lowest BCUT2D eigenvalue weighted by Crippen LogP contribution is -1.97. The fourth-order valence-corrected chi connectivity index (χ4v) is 6.62. The van der Waals surface area contributed by atoms with Crippen LogP contribution in [-0.2, 0) is 0 Å². The van der Waals surface area contributed by atoms with Crippen LogP contribution < -0.4 is 0 Å². The minimum absolute atomic E-state index is 0.931. The highest BCUT2D eigenvalue weighted by Gasteiger charge is 2.22. The molecule has 0 N–H and O–H groups in total. The van der Waals surface area contributed by atoms with Gasteiger partial charge in [-0.1, -0.05) is 91.0 Å². The Kier molecular flexibility index (Phi) is 4.33. The van der Waals surface area contributed by atoms with E-state index in [2.05, 4.69) is 143 Å². The number of aromatic nitrogens is 3. The summed E-state index contributed by atoms with van der Waals surface area (Å²) in [7, 11) is 0. The monoisotopic (exact) mass is 509 g/mol. The van der Waals surface area contributed by atoms with E-state index in [0.29, 0.717) is 0 Å². The lowest BCUT2D eigenvalue weighted by Gasteiger charge is -2.09. The Morgan fingerprint density at radius 1 is 0.400 bits per heavy atom. The van der Waals surface area contributed by atoms with Crippen LogP contribution in [0.2, 0.25) is 0 Å². The first-order chi connectivity index (χ1) is 19.9. The van der Waals surface area contributed by atoms with Crippen LogP contribution in [0.1, 0.15) is 0 Å². The molecular weight excluding hydrogens is 486 g/mol. The van der Waals surface area contributed by atoms with E-state index in [4.69, 9.17) is 4.98 Å². The Balaban J connectivity index is 1.52. The molecule has 186 valence electrons. The highest BCUT2D eigenvalue weighted by Crippen LogP contribution is 2.44. The van der Waals surface area contributed by atoms with E-state index in [9.17, 15) is 0 Å². The van der Waals surface area contributed by atoms with Gasteiger partial charge in [0.25, 0.3) is 0 Å². The maximum atomic E-state index is 4.95. The molecule has 6 aromatic carbocycles. The van der Waals surface area contributed by atoms with Crippen molar-refractivity contribution in [1.29, 1.82) is 0 Å². The second-order valence-corrected chi connectivity index (χ2v) is 10.4. The molecule has 0 unspecified atom stereocenters. The number of hydrogen-bond acceptors (Lipinski definition) is 1. The van der Waals surface area contributed by atoms with Crippen LogP contribution in [0.3, 0.4) is 0 Å². The van der Waals surface area contributed by atoms with Crippen LogP contribution in [0.5, 0.6) is 0 Å². The first-order valence-corrected chi connectivity index (χ1v) is 13.7. The Morgan fingerprint density at radius 2 is 1.00 bits per heavy atom. The van der Waals surface area contributed by atoms with E-state index in [-0.39, 0.29) is 0 Å². The molecule has 0 bridgehead atoms. The highest BCUT2D eigenvalue weighted by atomic mass is 15.1. The van der Waals surface area contributed by atoms with Crippen molar-refractivity contribution in [3.63, 3.8) is 0 Å². The summed E-state index contributed by atoms with van der Waals surface area (Å²) in [6, 6.07) is 47.9. The van der Waals surface area contributed by atoms with Gasteiger partial charge in [-0.3, -0.25) is 4.57 Å². The Labute approximate surface area is 230 Å². The summed E-state index contributed by atoms with van der Waals surface area (Å²) >= 11 is 0. The number of fused-ring (bicyclic) bond motifs is 10. The maximum Gasteiger partial charge on any atom is 0.138 e. The van der Waals surface area contributed by atoms with Crippen LogP contribution in [-0.4, -0.2) is 14.1 Å². The predicted molar refractivity (Wildman–Crippen MR) is 168 cm³/mol. The summed E-state index contributed by atoms with van der Waals surface area (Å²) in [5, 5.41) is 9.92. The predicted octanol–water partition coefficient (Wildman–Crippen LogP) is 9.58. The molecule has 0 atom stereocenters. The summed E-state index contributed by atoms with van der Waals surface area (Å²) in [5.41, 5.74) is 5.91. The summed E-state index contributed by atoms with van der Waals surface area (Å²) in [6.45, 7) is 0. The minimum Gasteiger partial charge on any atom is -0.309 e. The van der Waals surface area contributed by atoms with Gasteiger partial charge in [0, 0.05) is 38.8 Å². The Morgan fingerprint density at radius 3 is 1.85 bits per heavy atom. The highest BCUT2D eigenvalue weighted by molar-refractivity contribution is 6.33. The Hall–Kier alpha value is -5.41. The standard InChI is InChI=1S/C37H23N3/c1-2-13-27(14-3-1)39-31-19-18-24-10-6-7-15-28(24)35(31)37-33(39)21-20-32-36(37)29-16-8-9-17-30(29)40(32)34-22-25-11-4-5-12-26(25)23-38-34/h1-23H. The van der Waals surface area contributed by atoms with E-state index >= 15 is 0 Å². The third-order valence-electron chi connectivity index (χ3n) is 8.32. The maximum absolute atomic E-state index is 4.95. The summed E-state index contributed by atoms with van der Waals surface area (Å²) in [6.07, 6.45) is 1.98. The first kappa shape index (κ1) is 21.5. The van der Waals surface area contributed by atoms with Gasteiger partial charge >= 0.3 is 0 Å². The van der Waals surface area contributed by atoms with E-state index < -0.39 is 0 Å². The van der Waals surface area contributed by atoms with Gasteiger partial charge in [0.1, 0.15) is 5.82 Å². The summed E-state index contributed by atoms with van der Waals surface area (Å²) in [4.78, 5) is 4.95. The molecule has 40 heavy (non-hydrogen) atoms. The van der Waals surface area contributed by atoms with Crippen molar-refractivity contribution in [3.8, 4) is 11.5 Å². The molecular formula is C37H23N3. The van der Waals surface area contributed by atoms with E-state index in [1.165, 1.54) is 48.7 Å². The fourth-order valence-electron chi connectivity index (χ4n) is 6.62. The zero-order chi connectivity index (χ0) is 26.2. The second kappa shape index (κ2) is 8.05. The van der Waals surface area contributed by atoms with Gasteiger partial charge in [0.2, 0.25) is 0 Å². The van der Waals surface area contributed by atoms with Gasteiger partial charge < -0.3 is 4.57 Å². The van der Waals surface area contributed by atoms with Crippen molar-refractivity contribution in [3.05, 3.63) is 140 Å². The first-order valence-electron chi connectivity index (χ1n) is 13.7. The van der Waals surface area contributed by atoms with E-state index in [0.717, 1.165) is 27.9 Å². The lowest BCUT2D eigenvalue weighted by molar-refractivity contribution is 1.09. The van der Waals surface area contributed by atoms with Crippen LogP contribution >= 0.6 is 0 Å². The molecule has 0 aliphatic rings. The SMILES string of the molecule is c1ccc(-n2c3ccc4ccccc4c3c3c4c5ccccc5n(-c5cc6ccccc6cn5)c4ccc32)cc1. The number of rotatable bonds is 2. The van der Waals surface area contributed by atoms with Crippen LogP contribution in [0, 0.1) is 0 Å². The van der Waals surface area contributed by atoms with Crippen molar-refractivity contribution in [2.45, 2.75) is 0 Å². The molecule has 0 aliphatic carbocycles. The fraction of sp³-hybridized carbons (Fsp3) is 0. The quantitative estimate of drug-likeness (QED) is 0.227. The van der Waals surface area contributed by atoms with E-state index in [1.54, 1.807) is 0 Å². The zero-order valence-corrected chi connectivity index (χ0v) is 21.6. The molecule has 3 nitrogen and oxygen atoms in total. The van der Waals surface area contributed by atoms with E-state index in [1.807, 2.05) is 6.20 Å². The molecule has 0 amide bonds. The van der Waals surface area contributed by atoms with Gasteiger partial charge in [-0.05, 0) is 58.6 Å². The topological polar surface area (TPSA) is 22.8 Å². The molecule has 3 heterocycles. The molecule has 0 saturated heterocycles. The van der Waals surface area contributed by atoms with Crippen LogP contribution in [0.4, 0.5) is 0 Å². The van der Waals surface area contributed by atoms with Gasteiger partial charge in [-0.25, -0.2) is 4.98 Å². The van der Waals surface area contributed by atoms with Crippen molar-refractivity contribution in [2.75, 3.05) is 0 Å². The van der Waals surface area contributed by atoms with Crippen molar-refractivity contribution in [2.24, 2.45) is 0 Å². The largest absolute Gasteiger partial charge is 0.309 e. The molecule has 9 aromatic rings. The number of hydrogen-bond donors (Lipinski definition) is 0. The zero-order valence-electron chi connectivity index (χ0n) is 21.6. The van der Waals surface area contributed by atoms with Crippen molar-refractivity contribution in [1.82, 2.24) is 14.1 Å². The van der Waals surface area contributed by atoms with Crippen LogP contribution in [0.15, 0.2) is 140 Å². The van der Waals surface area contributed by atoms with Gasteiger partial charge in [0.15, 0.2) is 0 Å². The lowest BCUT2D eigenvalue weighted by atomic mass is 10.0. The number of benzene rings is 6. The van der Waals surface area contributed by atoms with Gasteiger partial charge in [0.05, 0.1) is 22.1 Å². The average molecular weight is 510 g/mol. The molecule has 0 saturated carbocycles. The molecule has 0 radical (unpaired) electrons. The molecule has 3 aromatic heterocycles. The molecule has 0 aliphatic heterocycles. The normalized spacial score (nSPS) is 12.0. The third-order valence-corrected chi connectivity index (χ3v) is 8.32. The Bertz CT molecular complexity index is 2430. The van der Waals surface area contributed by atoms with Gasteiger partial charge in [-0.2, -0.15) is 0 Å². The molecule has 0 spiro atoms. The van der Waals surface area contributed by atoms with Gasteiger partial charge in [-0.15, -0.1) is 0 Å². The second-order valence-electron chi connectivity index (χ2n) is 10.4. The average Bonchev–Trinajstić information content (AvgIpc) is 3.54. The summed E-state index contributed by atoms with van der Waals surface area (Å²) < 4.78 is 4.74. The third kappa shape index (κ3) is 2.86. The smallest absolute Gasteiger partial charge is 0.138 e. The number of para-hydroxylation sites is 2. The molecule has 9 rings (SSSR count). The van der Waals surface area contributed by atoms with Crippen LogP contribution in [0.25, 0.3) is 76.7 Å². The number of pyridine rings is 1. The van der Waals surface area contributed by atoms with Crippen molar-refractivity contribution >= 4 is 65.2 Å².